The first-order chi connectivity index (χ1) is 10.2. The minimum absolute atomic E-state index is 0.0789. The van der Waals surface area contributed by atoms with Gasteiger partial charge in [0, 0.05) is 11.4 Å². The SMILES string of the molecule is CC1SC(NC(=O)c2ccccn2)=NC1c1ccccc1. The fourth-order valence-corrected chi connectivity index (χ4v) is 3.24. The molecule has 106 valence electrons. The summed E-state index contributed by atoms with van der Waals surface area (Å²) in [5.74, 6) is -0.220. The average Bonchev–Trinajstić information content (AvgIpc) is 2.89. The Morgan fingerprint density at radius 1 is 1.14 bits per heavy atom. The fraction of sp³-hybridized carbons (Fsp3) is 0.188. The number of hydrogen-bond donors (Lipinski definition) is 1. The summed E-state index contributed by atoms with van der Waals surface area (Å²) in [7, 11) is 0. The number of thioether (sulfide) groups is 1. The summed E-state index contributed by atoms with van der Waals surface area (Å²) >= 11 is 1.58. The van der Waals surface area contributed by atoms with Gasteiger partial charge in [0.05, 0.1) is 6.04 Å². The van der Waals surface area contributed by atoms with Crippen LogP contribution in [0.5, 0.6) is 0 Å². The molecular weight excluding hydrogens is 282 g/mol. The highest BCUT2D eigenvalue weighted by Gasteiger charge is 2.28. The molecule has 1 aliphatic rings. The van der Waals surface area contributed by atoms with Crippen LogP contribution in [0.2, 0.25) is 0 Å². The molecule has 0 saturated heterocycles. The molecule has 1 aliphatic heterocycles. The molecule has 0 aliphatic carbocycles. The van der Waals surface area contributed by atoms with Crippen LogP contribution < -0.4 is 5.32 Å². The first-order valence-electron chi connectivity index (χ1n) is 6.76. The lowest BCUT2D eigenvalue weighted by Gasteiger charge is -2.11. The summed E-state index contributed by atoms with van der Waals surface area (Å²) in [4.78, 5) is 20.7. The van der Waals surface area contributed by atoms with Crippen LogP contribution in [0.4, 0.5) is 0 Å². The van der Waals surface area contributed by atoms with Gasteiger partial charge in [0.2, 0.25) is 0 Å². The number of nitrogens with one attached hydrogen (secondary N) is 1. The highest BCUT2D eigenvalue weighted by molar-refractivity contribution is 8.14. The first kappa shape index (κ1) is 13.8. The third kappa shape index (κ3) is 3.13. The summed E-state index contributed by atoms with van der Waals surface area (Å²) in [6.45, 7) is 2.12. The zero-order valence-corrected chi connectivity index (χ0v) is 12.4. The van der Waals surface area contributed by atoms with Crippen molar-refractivity contribution in [3.05, 3.63) is 66.0 Å². The van der Waals surface area contributed by atoms with E-state index in [1.54, 1.807) is 36.2 Å². The van der Waals surface area contributed by atoms with Crippen LogP contribution in [-0.2, 0) is 0 Å². The van der Waals surface area contributed by atoms with Gasteiger partial charge in [-0.05, 0) is 17.7 Å². The molecular formula is C16H15N3OS. The van der Waals surface area contributed by atoms with Crippen LogP contribution in [0.25, 0.3) is 0 Å². The molecule has 2 aromatic rings. The molecule has 21 heavy (non-hydrogen) atoms. The number of aliphatic imine (C=N–C) groups is 1. The van der Waals surface area contributed by atoms with Gasteiger partial charge in [-0.25, -0.2) is 0 Å². The Labute approximate surface area is 127 Å². The molecule has 0 spiro atoms. The Kier molecular flexibility index (Phi) is 4.01. The number of carbonyl (C=O) groups is 1. The minimum atomic E-state index is -0.220. The van der Waals surface area contributed by atoms with Crippen LogP contribution in [-0.4, -0.2) is 21.3 Å². The molecule has 2 unspecified atom stereocenters. The van der Waals surface area contributed by atoms with Crippen molar-refractivity contribution in [2.75, 3.05) is 0 Å². The monoisotopic (exact) mass is 297 g/mol. The third-order valence-electron chi connectivity index (χ3n) is 3.26. The smallest absolute Gasteiger partial charge is 0.275 e. The number of rotatable bonds is 2. The molecule has 0 fully saturated rings. The minimum Gasteiger partial charge on any atom is -0.300 e. The van der Waals surface area contributed by atoms with E-state index in [2.05, 4.69) is 34.3 Å². The summed E-state index contributed by atoms with van der Waals surface area (Å²) in [6.07, 6.45) is 1.61. The quantitative estimate of drug-likeness (QED) is 0.927. The van der Waals surface area contributed by atoms with Gasteiger partial charge in [0.25, 0.3) is 5.91 Å². The lowest BCUT2D eigenvalue weighted by Crippen LogP contribution is -2.28. The van der Waals surface area contributed by atoms with Gasteiger partial charge < -0.3 is 0 Å². The maximum absolute atomic E-state index is 12.1. The van der Waals surface area contributed by atoms with Gasteiger partial charge in [-0.3, -0.25) is 20.1 Å². The van der Waals surface area contributed by atoms with Crippen molar-refractivity contribution in [2.24, 2.45) is 4.99 Å². The van der Waals surface area contributed by atoms with E-state index in [4.69, 9.17) is 0 Å². The van der Waals surface area contributed by atoms with Crippen LogP contribution >= 0.6 is 11.8 Å². The zero-order valence-electron chi connectivity index (χ0n) is 11.6. The summed E-state index contributed by atoms with van der Waals surface area (Å²) in [6, 6.07) is 15.5. The van der Waals surface area contributed by atoms with Gasteiger partial charge in [-0.2, -0.15) is 0 Å². The lowest BCUT2D eigenvalue weighted by molar-refractivity contribution is 0.0973. The fourth-order valence-electron chi connectivity index (χ4n) is 2.22. The van der Waals surface area contributed by atoms with Crippen molar-refractivity contribution < 1.29 is 4.79 Å². The van der Waals surface area contributed by atoms with Gasteiger partial charge in [-0.15, -0.1) is 0 Å². The van der Waals surface area contributed by atoms with Crippen LogP contribution in [0.15, 0.2) is 59.7 Å². The maximum atomic E-state index is 12.1. The van der Waals surface area contributed by atoms with E-state index >= 15 is 0 Å². The molecule has 1 aromatic carbocycles. The number of aromatic nitrogens is 1. The van der Waals surface area contributed by atoms with E-state index in [0.29, 0.717) is 16.1 Å². The number of nitrogens with zero attached hydrogens (tertiary/aromatic N) is 2. The Morgan fingerprint density at radius 3 is 2.62 bits per heavy atom. The van der Waals surface area contributed by atoms with E-state index in [-0.39, 0.29) is 11.9 Å². The zero-order chi connectivity index (χ0) is 14.7. The van der Waals surface area contributed by atoms with Crippen LogP contribution in [0, 0.1) is 0 Å². The molecule has 0 bridgehead atoms. The number of benzene rings is 1. The van der Waals surface area contributed by atoms with E-state index in [0.717, 1.165) is 0 Å². The lowest BCUT2D eigenvalue weighted by atomic mass is 10.1. The second-order valence-electron chi connectivity index (χ2n) is 4.78. The van der Waals surface area contributed by atoms with Crippen molar-refractivity contribution in [2.45, 2.75) is 18.2 Å². The van der Waals surface area contributed by atoms with Gasteiger partial charge in [0.15, 0.2) is 5.17 Å². The Hall–Kier alpha value is -2.14. The standard InChI is InChI=1S/C16H15N3OS/c1-11-14(12-7-3-2-4-8-12)18-16(21-11)19-15(20)13-9-5-6-10-17-13/h2-11,14H,1H3,(H,18,19,20). The second kappa shape index (κ2) is 6.10. The number of pyridine rings is 1. The molecule has 0 saturated carbocycles. The van der Waals surface area contributed by atoms with Gasteiger partial charge in [0.1, 0.15) is 5.69 Å². The van der Waals surface area contributed by atoms with E-state index in [1.165, 1.54) is 5.56 Å². The molecule has 1 N–H and O–H groups in total. The van der Waals surface area contributed by atoms with Crippen molar-refractivity contribution >= 4 is 22.8 Å². The third-order valence-corrected chi connectivity index (χ3v) is 4.32. The average molecular weight is 297 g/mol. The molecule has 1 amide bonds. The molecule has 3 rings (SSSR count). The largest absolute Gasteiger partial charge is 0.300 e. The predicted octanol–water partition coefficient (Wildman–Crippen LogP) is 3.04. The Bertz CT molecular complexity index is 658. The first-order valence-corrected chi connectivity index (χ1v) is 7.64. The second-order valence-corrected chi connectivity index (χ2v) is 6.15. The van der Waals surface area contributed by atoms with Crippen molar-refractivity contribution in [3.63, 3.8) is 0 Å². The van der Waals surface area contributed by atoms with Gasteiger partial charge >= 0.3 is 0 Å². The molecule has 0 radical (unpaired) electrons. The Morgan fingerprint density at radius 2 is 1.90 bits per heavy atom. The van der Waals surface area contributed by atoms with E-state index in [9.17, 15) is 4.79 Å². The van der Waals surface area contributed by atoms with Crippen molar-refractivity contribution in [1.82, 2.24) is 10.3 Å². The summed E-state index contributed by atoms with van der Waals surface area (Å²) in [5, 5.41) is 3.79. The predicted molar refractivity (Wildman–Crippen MR) is 85.4 cm³/mol. The number of carbonyl (C=O) groups excluding carboxylic acids is 1. The molecule has 4 nitrogen and oxygen atoms in total. The highest BCUT2D eigenvalue weighted by Crippen LogP contribution is 2.36. The highest BCUT2D eigenvalue weighted by atomic mass is 32.2. The van der Waals surface area contributed by atoms with Gasteiger partial charge in [-0.1, -0.05) is 55.1 Å². The maximum Gasteiger partial charge on any atom is 0.275 e. The number of amidine groups is 1. The van der Waals surface area contributed by atoms with Crippen LogP contribution in [0.1, 0.15) is 29.0 Å². The Balaban J connectivity index is 1.74. The van der Waals surface area contributed by atoms with Crippen LogP contribution in [0.3, 0.4) is 0 Å². The van der Waals surface area contributed by atoms with E-state index in [1.807, 2.05) is 18.2 Å². The molecule has 1 aromatic heterocycles. The van der Waals surface area contributed by atoms with E-state index < -0.39 is 0 Å². The molecule has 2 atom stereocenters. The normalized spacial score (nSPS) is 20.9. The molecule has 5 heteroatoms. The number of amides is 1. The molecule has 2 heterocycles. The topological polar surface area (TPSA) is 54.4 Å². The van der Waals surface area contributed by atoms with Crippen molar-refractivity contribution in [3.8, 4) is 0 Å². The summed E-state index contributed by atoms with van der Waals surface area (Å²) < 4.78 is 0. The van der Waals surface area contributed by atoms with Crippen molar-refractivity contribution in [1.29, 1.82) is 0 Å². The number of hydrogen-bond acceptors (Lipinski definition) is 4. The summed E-state index contributed by atoms with van der Waals surface area (Å²) in [5.41, 5.74) is 1.57.